The Balaban J connectivity index is 1.46. The average molecular weight is 531 g/mol. The third-order valence-corrected chi connectivity index (χ3v) is 7.59. The predicted octanol–water partition coefficient (Wildman–Crippen LogP) is 5.28. The standard InChI is InChI=1S/C26H31FN4O5S/c1-25(2,3)37(32)31-20(22-21(17-28)30-23(36-22)18-8-10-19(27)11-9-18)7-5-4-6-12-26(34-15-16-35-26)24-29-13-14-33-24/h8-11,13-14,20,31H,4-7,12,15-16H2,1-3H3/t20-,37+/m0/s1. The number of oxazole rings is 2. The van der Waals surface area contributed by atoms with Crippen LogP contribution in [0.2, 0.25) is 0 Å². The molecule has 9 nitrogen and oxygen atoms in total. The first-order valence-electron chi connectivity index (χ1n) is 12.2. The van der Waals surface area contributed by atoms with Crippen LogP contribution in [0.4, 0.5) is 4.39 Å². The third-order valence-electron chi connectivity index (χ3n) is 5.98. The lowest BCUT2D eigenvalue weighted by Gasteiger charge is -2.24. The number of aromatic nitrogens is 2. The molecule has 2 atom stereocenters. The van der Waals surface area contributed by atoms with Gasteiger partial charge in [0.25, 0.3) is 5.89 Å². The molecule has 3 aromatic rings. The number of nitrogens with zero attached hydrogens (tertiary/aromatic N) is 3. The molecule has 198 valence electrons. The van der Waals surface area contributed by atoms with E-state index in [0.717, 1.165) is 19.3 Å². The van der Waals surface area contributed by atoms with Gasteiger partial charge in [-0.15, -0.1) is 0 Å². The van der Waals surface area contributed by atoms with Crippen molar-refractivity contribution in [2.45, 2.75) is 69.5 Å². The lowest BCUT2D eigenvalue weighted by atomic mass is 10.0. The molecule has 37 heavy (non-hydrogen) atoms. The van der Waals surface area contributed by atoms with Crippen molar-refractivity contribution in [2.75, 3.05) is 13.2 Å². The summed E-state index contributed by atoms with van der Waals surface area (Å²) in [5, 5.41) is 9.74. The summed E-state index contributed by atoms with van der Waals surface area (Å²) < 4.78 is 52.1. The zero-order valence-corrected chi connectivity index (χ0v) is 22.0. The molecule has 0 radical (unpaired) electrons. The van der Waals surface area contributed by atoms with Crippen molar-refractivity contribution in [2.24, 2.45) is 0 Å². The summed E-state index contributed by atoms with van der Waals surface area (Å²) in [6.45, 7) is 6.56. The van der Waals surface area contributed by atoms with Gasteiger partial charge < -0.3 is 18.3 Å². The third kappa shape index (κ3) is 6.51. The van der Waals surface area contributed by atoms with Crippen molar-refractivity contribution in [3.63, 3.8) is 0 Å². The molecule has 0 bridgehead atoms. The zero-order valence-electron chi connectivity index (χ0n) is 21.2. The molecule has 0 spiro atoms. The number of hydrogen-bond acceptors (Lipinski definition) is 8. The van der Waals surface area contributed by atoms with E-state index in [1.807, 2.05) is 20.8 Å². The Labute approximate surface area is 218 Å². The van der Waals surface area contributed by atoms with Crippen molar-refractivity contribution in [3.05, 3.63) is 59.9 Å². The van der Waals surface area contributed by atoms with E-state index in [1.165, 1.54) is 18.4 Å². The molecule has 4 rings (SSSR count). The molecule has 3 heterocycles. The van der Waals surface area contributed by atoms with E-state index in [4.69, 9.17) is 18.3 Å². The molecule has 0 aliphatic carbocycles. The topological polar surface area (TPSA) is 123 Å². The van der Waals surface area contributed by atoms with Crippen molar-refractivity contribution in [1.29, 1.82) is 5.26 Å². The fraction of sp³-hybridized carbons (Fsp3) is 0.500. The van der Waals surface area contributed by atoms with Crippen LogP contribution < -0.4 is 4.72 Å². The van der Waals surface area contributed by atoms with Crippen LogP contribution in [0.15, 0.2) is 45.6 Å². The van der Waals surface area contributed by atoms with E-state index in [2.05, 4.69) is 20.8 Å². The quantitative estimate of drug-likeness (QED) is 0.332. The monoisotopic (exact) mass is 530 g/mol. The summed E-state index contributed by atoms with van der Waals surface area (Å²) >= 11 is 0. The number of nitriles is 1. The first-order valence-corrected chi connectivity index (χ1v) is 13.4. The zero-order chi connectivity index (χ0) is 26.5. The van der Waals surface area contributed by atoms with E-state index in [1.54, 1.807) is 18.3 Å². The Morgan fingerprint density at radius 3 is 2.54 bits per heavy atom. The van der Waals surface area contributed by atoms with E-state index < -0.39 is 27.6 Å². The van der Waals surface area contributed by atoms with Crippen molar-refractivity contribution < 1.29 is 26.9 Å². The molecule has 1 aliphatic rings. The Bertz CT molecular complexity index is 1230. The maximum Gasteiger partial charge on any atom is 0.255 e. The van der Waals surface area contributed by atoms with Gasteiger partial charge in [0.15, 0.2) is 11.5 Å². The molecular formula is C26H31FN4O5S. The number of benzene rings is 1. The molecule has 1 aliphatic heterocycles. The average Bonchev–Trinajstić information content (AvgIpc) is 3.64. The van der Waals surface area contributed by atoms with Crippen LogP contribution in [0, 0.1) is 17.1 Å². The molecule has 11 heteroatoms. The number of hydrogen-bond donors (Lipinski definition) is 1. The smallest absolute Gasteiger partial charge is 0.255 e. The van der Waals surface area contributed by atoms with Gasteiger partial charge in [0.05, 0.1) is 41.2 Å². The van der Waals surface area contributed by atoms with Crippen LogP contribution in [-0.2, 0) is 26.2 Å². The fourth-order valence-corrected chi connectivity index (χ4v) is 4.87. The number of unbranched alkanes of at least 4 members (excludes halogenated alkanes) is 2. The Hall–Kier alpha value is -2.91. The number of nitrogens with one attached hydrogen (secondary N) is 1. The Morgan fingerprint density at radius 1 is 1.19 bits per heavy atom. The van der Waals surface area contributed by atoms with Gasteiger partial charge in [0.2, 0.25) is 11.7 Å². The molecular weight excluding hydrogens is 499 g/mol. The normalized spacial score (nSPS) is 16.9. The van der Waals surface area contributed by atoms with E-state index in [9.17, 15) is 13.9 Å². The van der Waals surface area contributed by atoms with Gasteiger partial charge in [-0.1, -0.05) is 12.8 Å². The fourth-order valence-electron chi connectivity index (χ4n) is 4.04. The molecule has 1 N–H and O–H groups in total. The van der Waals surface area contributed by atoms with Crippen LogP contribution in [0.3, 0.4) is 0 Å². The van der Waals surface area contributed by atoms with Crippen LogP contribution in [0.1, 0.15) is 76.3 Å². The first kappa shape index (κ1) is 27.1. The Kier molecular flexibility index (Phi) is 8.54. The van der Waals surface area contributed by atoms with Crippen LogP contribution >= 0.6 is 0 Å². The number of rotatable bonds is 11. The molecule has 0 amide bonds. The molecule has 0 unspecified atom stereocenters. The molecule has 1 aromatic carbocycles. The van der Waals surface area contributed by atoms with Gasteiger partial charge in [-0.05, 0) is 57.9 Å². The highest BCUT2D eigenvalue weighted by molar-refractivity contribution is 7.84. The highest BCUT2D eigenvalue weighted by atomic mass is 32.2. The second-order valence-electron chi connectivity index (χ2n) is 9.79. The summed E-state index contributed by atoms with van der Waals surface area (Å²) in [4.78, 5) is 8.53. The molecule has 1 saturated heterocycles. The lowest BCUT2D eigenvalue weighted by molar-refractivity contribution is -0.187. The summed E-state index contributed by atoms with van der Waals surface area (Å²) in [6, 6.07) is 7.27. The summed E-state index contributed by atoms with van der Waals surface area (Å²) in [7, 11) is -1.41. The minimum absolute atomic E-state index is 0.110. The molecule has 1 fully saturated rings. The van der Waals surface area contributed by atoms with Gasteiger partial charge in [-0.25, -0.2) is 18.3 Å². The van der Waals surface area contributed by atoms with Gasteiger partial charge in [0.1, 0.15) is 18.1 Å². The van der Waals surface area contributed by atoms with Gasteiger partial charge in [-0.2, -0.15) is 10.2 Å². The number of halogens is 1. The second kappa shape index (κ2) is 11.6. The summed E-state index contributed by atoms with van der Waals surface area (Å²) in [5.41, 5.74) is 0.659. The molecule has 2 aromatic heterocycles. The van der Waals surface area contributed by atoms with Crippen molar-refractivity contribution >= 4 is 11.0 Å². The highest BCUT2D eigenvalue weighted by Crippen LogP contribution is 2.36. The minimum atomic E-state index is -1.41. The summed E-state index contributed by atoms with van der Waals surface area (Å²) in [6.07, 6.45) is 6.55. The van der Waals surface area contributed by atoms with E-state index in [-0.39, 0.29) is 17.4 Å². The van der Waals surface area contributed by atoms with E-state index >= 15 is 0 Å². The minimum Gasteiger partial charge on any atom is -0.444 e. The van der Waals surface area contributed by atoms with Crippen LogP contribution in [0.25, 0.3) is 11.5 Å². The SMILES string of the molecule is CC(C)(C)[S@@](=O)N[C@@H](CCCCCC1(c2ncco2)OCCO1)c1oc(-c2ccc(F)cc2)nc1C#N. The van der Waals surface area contributed by atoms with Gasteiger partial charge in [-0.3, -0.25) is 0 Å². The maximum absolute atomic E-state index is 13.4. The second-order valence-corrected chi connectivity index (χ2v) is 11.8. The highest BCUT2D eigenvalue weighted by Gasteiger charge is 2.42. The van der Waals surface area contributed by atoms with E-state index in [0.29, 0.717) is 43.3 Å². The molecule has 0 saturated carbocycles. The van der Waals surface area contributed by atoms with Crippen molar-refractivity contribution in [3.8, 4) is 17.5 Å². The maximum atomic E-state index is 13.4. The van der Waals surface area contributed by atoms with Gasteiger partial charge >= 0.3 is 0 Å². The van der Waals surface area contributed by atoms with Crippen LogP contribution in [-0.4, -0.2) is 32.1 Å². The van der Waals surface area contributed by atoms with Gasteiger partial charge in [0, 0.05) is 12.0 Å². The first-order chi connectivity index (χ1) is 17.7. The number of ether oxygens (including phenoxy) is 2. The largest absolute Gasteiger partial charge is 0.444 e. The lowest BCUT2D eigenvalue weighted by Crippen LogP contribution is -2.36. The van der Waals surface area contributed by atoms with Crippen molar-refractivity contribution in [1.82, 2.24) is 14.7 Å². The Morgan fingerprint density at radius 2 is 1.92 bits per heavy atom. The van der Waals surface area contributed by atoms with Crippen LogP contribution in [0.5, 0.6) is 0 Å². The predicted molar refractivity (Wildman–Crippen MR) is 134 cm³/mol. The summed E-state index contributed by atoms with van der Waals surface area (Å²) in [5.74, 6) is -0.396.